The van der Waals surface area contributed by atoms with Crippen LogP contribution < -0.4 is 0 Å². The number of benzene rings is 1. The Bertz CT molecular complexity index is 859. The first-order valence-electron chi connectivity index (χ1n) is 9.93. The molecule has 2 fully saturated rings. The first-order valence-corrected chi connectivity index (χ1v) is 10.3. The van der Waals surface area contributed by atoms with Crippen LogP contribution in [0.3, 0.4) is 0 Å². The molecule has 0 spiro atoms. The Labute approximate surface area is 175 Å². The normalized spacial score (nSPS) is 24.2. The summed E-state index contributed by atoms with van der Waals surface area (Å²) in [6.07, 6.45) is 0. The SMILES string of the molecule is Cc1[nH]nc(CN2CC3CN(C(=O)COCc4ccccc4)CC3(CO)C2)c1Cl. The zero-order valence-corrected chi connectivity index (χ0v) is 17.4. The number of aliphatic hydroxyl groups excluding tert-OH is 1. The summed E-state index contributed by atoms with van der Waals surface area (Å²) >= 11 is 6.30. The number of likely N-dealkylation sites (tertiary alicyclic amines) is 2. The quantitative estimate of drug-likeness (QED) is 0.717. The number of aliphatic hydroxyl groups is 1. The Kier molecular flexibility index (Phi) is 5.92. The first-order chi connectivity index (χ1) is 14.0. The van der Waals surface area contributed by atoms with Gasteiger partial charge in [-0.25, -0.2) is 0 Å². The highest BCUT2D eigenvalue weighted by Crippen LogP contribution is 2.42. The van der Waals surface area contributed by atoms with E-state index in [9.17, 15) is 9.90 Å². The van der Waals surface area contributed by atoms with Crippen LogP contribution in [0.5, 0.6) is 0 Å². The number of fused-ring (bicyclic) bond motifs is 1. The van der Waals surface area contributed by atoms with E-state index in [2.05, 4.69) is 15.1 Å². The van der Waals surface area contributed by atoms with Crippen molar-refractivity contribution in [2.45, 2.75) is 20.1 Å². The second-order valence-corrected chi connectivity index (χ2v) is 8.63. The van der Waals surface area contributed by atoms with Crippen molar-refractivity contribution in [2.75, 3.05) is 39.4 Å². The molecule has 0 saturated carbocycles. The third kappa shape index (κ3) is 4.19. The number of rotatable bonds is 7. The standard InChI is InChI=1S/C21H27ClN4O3/c1-15-20(22)18(24-23-15)9-25-7-17-8-26(13-21(17,12-25)14-27)19(28)11-29-10-16-5-3-2-4-6-16/h2-6,17,27H,7-14H2,1H3,(H,23,24). The molecule has 1 aromatic carbocycles. The van der Waals surface area contributed by atoms with Crippen molar-refractivity contribution in [1.29, 1.82) is 0 Å². The van der Waals surface area contributed by atoms with Gasteiger partial charge < -0.3 is 14.7 Å². The summed E-state index contributed by atoms with van der Waals surface area (Å²) in [5.41, 5.74) is 2.46. The number of amides is 1. The highest BCUT2D eigenvalue weighted by atomic mass is 35.5. The minimum Gasteiger partial charge on any atom is -0.396 e. The largest absolute Gasteiger partial charge is 0.396 e. The van der Waals surface area contributed by atoms with Crippen molar-refractivity contribution in [3.63, 3.8) is 0 Å². The number of carbonyl (C=O) groups excluding carboxylic acids is 1. The van der Waals surface area contributed by atoms with E-state index in [0.29, 0.717) is 31.3 Å². The average molecular weight is 419 g/mol. The van der Waals surface area contributed by atoms with Gasteiger partial charge in [-0.05, 0) is 18.4 Å². The summed E-state index contributed by atoms with van der Waals surface area (Å²) in [5.74, 6) is 0.227. The van der Waals surface area contributed by atoms with E-state index in [1.807, 2.05) is 42.2 Å². The molecule has 0 aliphatic carbocycles. The maximum atomic E-state index is 12.6. The summed E-state index contributed by atoms with van der Waals surface area (Å²) in [6, 6.07) is 9.82. The van der Waals surface area contributed by atoms with Gasteiger partial charge >= 0.3 is 0 Å². The Balaban J connectivity index is 1.31. The van der Waals surface area contributed by atoms with E-state index in [-0.39, 0.29) is 30.5 Å². The molecule has 3 heterocycles. The fraction of sp³-hybridized carbons (Fsp3) is 0.524. The Morgan fingerprint density at radius 2 is 2.14 bits per heavy atom. The van der Waals surface area contributed by atoms with Crippen LogP contribution in [0.1, 0.15) is 17.0 Å². The predicted octanol–water partition coefficient (Wildman–Crippen LogP) is 1.84. The molecular formula is C21H27ClN4O3. The Hall–Kier alpha value is -1.93. The highest BCUT2D eigenvalue weighted by molar-refractivity contribution is 6.31. The molecule has 2 atom stereocenters. The number of nitrogens with one attached hydrogen (secondary N) is 1. The van der Waals surface area contributed by atoms with E-state index in [1.54, 1.807) is 0 Å². The molecule has 4 rings (SSSR count). The number of carbonyl (C=O) groups is 1. The third-order valence-electron chi connectivity index (χ3n) is 6.15. The number of hydrogen-bond acceptors (Lipinski definition) is 5. The zero-order valence-electron chi connectivity index (χ0n) is 16.6. The molecule has 0 radical (unpaired) electrons. The Morgan fingerprint density at radius 3 is 2.79 bits per heavy atom. The number of nitrogens with zero attached hydrogens (tertiary/aromatic N) is 3. The van der Waals surface area contributed by atoms with Gasteiger partial charge in [0.05, 0.1) is 29.6 Å². The average Bonchev–Trinajstić information content (AvgIpc) is 3.35. The lowest BCUT2D eigenvalue weighted by Crippen LogP contribution is -2.40. The first kappa shape index (κ1) is 20.3. The highest BCUT2D eigenvalue weighted by Gasteiger charge is 2.53. The molecule has 2 aliphatic heterocycles. The second kappa shape index (κ2) is 8.44. The lowest BCUT2D eigenvalue weighted by atomic mass is 9.82. The number of aryl methyl sites for hydroxylation is 1. The molecular weight excluding hydrogens is 392 g/mol. The molecule has 7 nitrogen and oxygen atoms in total. The number of H-pyrrole nitrogens is 1. The van der Waals surface area contributed by atoms with Crippen LogP contribution >= 0.6 is 11.6 Å². The van der Waals surface area contributed by atoms with Gasteiger partial charge in [0.25, 0.3) is 0 Å². The topological polar surface area (TPSA) is 81.7 Å². The summed E-state index contributed by atoms with van der Waals surface area (Å²) < 4.78 is 5.61. The van der Waals surface area contributed by atoms with Crippen LogP contribution in [0.4, 0.5) is 0 Å². The number of ether oxygens (including phenoxy) is 1. The fourth-order valence-corrected chi connectivity index (χ4v) is 4.67. The molecule has 2 aromatic rings. The summed E-state index contributed by atoms with van der Waals surface area (Å²) in [7, 11) is 0. The molecule has 1 aromatic heterocycles. The summed E-state index contributed by atoms with van der Waals surface area (Å²) in [5, 5.41) is 18.0. The third-order valence-corrected chi connectivity index (χ3v) is 6.65. The minimum absolute atomic E-state index is 0.0133. The molecule has 2 saturated heterocycles. The maximum Gasteiger partial charge on any atom is 0.248 e. The van der Waals surface area contributed by atoms with Crippen LogP contribution in [0.15, 0.2) is 30.3 Å². The van der Waals surface area contributed by atoms with Crippen LogP contribution in [-0.2, 0) is 22.7 Å². The smallest absolute Gasteiger partial charge is 0.248 e. The number of aromatic nitrogens is 2. The van der Waals surface area contributed by atoms with Crippen molar-refractivity contribution in [3.8, 4) is 0 Å². The molecule has 0 bridgehead atoms. The van der Waals surface area contributed by atoms with Gasteiger partial charge in [-0.1, -0.05) is 41.9 Å². The number of aromatic amines is 1. The van der Waals surface area contributed by atoms with Gasteiger partial charge in [0.15, 0.2) is 0 Å². The lowest BCUT2D eigenvalue weighted by Gasteiger charge is -2.27. The summed E-state index contributed by atoms with van der Waals surface area (Å²) in [4.78, 5) is 16.7. The number of halogens is 1. The Morgan fingerprint density at radius 1 is 1.34 bits per heavy atom. The monoisotopic (exact) mass is 418 g/mol. The van der Waals surface area contributed by atoms with Gasteiger partial charge in [0, 0.05) is 38.1 Å². The molecule has 156 valence electrons. The second-order valence-electron chi connectivity index (χ2n) is 8.25. The van der Waals surface area contributed by atoms with E-state index < -0.39 is 0 Å². The molecule has 8 heteroatoms. The van der Waals surface area contributed by atoms with Crippen molar-refractivity contribution in [1.82, 2.24) is 20.0 Å². The van der Waals surface area contributed by atoms with Crippen LogP contribution in [0.25, 0.3) is 0 Å². The lowest BCUT2D eigenvalue weighted by molar-refractivity contribution is -0.136. The predicted molar refractivity (Wildman–Crippen MR) is 109 cm³/mol. The molecule has 1 amide bonds. The van der Waals surface area contributed by atoms with Gasteiger partial charge in [0.1, 0.15) is 6.61 Å². The summed E-state index contributed by atoms with van der Waals surface area (Å²) in [6.45, 7) is 5.86. The van der Waals surface area contributed by atoms with Crippen molar-refractivity contribution in [2.24, 2.45) is 11.3 Å². The van der Waals surface area contributed by atoms with E-state index in [4.69, 9.17) is 16.3 Å². The fourth-order valence-electron chi connectivity index (χ4n) is 4.53. The van der Waals surface area contributed by atoms with Crippen LogP contribution in [0.2, 0.25) is 5.02 Å². The number of hydrogen-bond donors (Lipinski definition) is 2. The molecule has 2 N–H and O–H groups in total. The van der Waals surface area contributed by atoms with Gasteiger partial charge in [0.2, 0.25) is 5.91 Å². The van der Waals surface area contributed by atoms with E-state index in [1.165, 1.54) is 0 Å². The van der Waals surface area contributed by atoms with Crippen molar-refractivity contribution < 1.29 is 14.6 Å². The van der Waals surface area contributed by atoms with Gasteiger partial charge in [-0.3, -0.25) is 14.8 Å². The molecule has 29 heavy (non-hydrogen) atoms. The van der Waals surface area contributed by atoms with Crippen LogP contribution in [0, 0.1) is 18.3 Å². The van der Waals surface area contributed by atoms with Gasteiger partial charge in [-0.2, -0.15) is 5.10 Å². The van der Waals surface area contributed by atoms with Gasteiger partial charge in [-0.15, -0.1) is 0 Å². The van der Waals surface area contributed by atoms with Crippen molar-refractivity contribution in [3.05, 3.63) is 52.3 Å². The molecule has 2 aliphatic rings. The molecule has 2 unspecified atom stereocenters. The van der Waals surface area contributed by atoms with Crippen LogP contribution in [-0.4, -0.2) is 70.4 Å². The zero-order chi connectivity index (χ0) is 20.4. The van der Waals surface area contributed by atoms with Crippen molar-refractivity contribution >= 4 is 17.5 Å². The maximum absolute atomic E-state index is 12.6. The van der Waals surface area contributed by atoms with E-state index >= 15 is 0 Å². The van der Waals surface area contributed by atoms with E-state index in [0.717, 1.165) is 30.0 Å². The minimum atomic E-state index is -0.285.